The number of benzene rings is 1. The maximum absolute atomic E-state index is 13.6. The van der Waals surface area contributed by atoms with Crippen LogP contribution in [-0.2, 0) is 6.54 Å². The van der Waals surface area contributed by atoms with Gasteiger partial charge >= 0.3 is 0 Å². The zero-order valence-corrected chi connectivity index (χ0v) is 15.4. The molecular weight excluding hydrogens is 349 g/mol. The molecule has 0 unspecified atom stereocenters. The van der Waals surface area contributed by atoms with Gasteiger partial charge < -0.3 is 10.4 Å². The third kappa shape index (κ3) is 4.11. The smallest absolute Gasteiger partial charge is 0.154 e. The molecule has 0 bridgehead atoms. The molecule has 0 saturated heterocycles. The van der Waals surface area contributed by atoms with E-state index in [1.54, 1.807) is 12.3 Å². The maximum Gasteiger partial charge on any atom is 0.154 e. The quantitative estimate of drug-likeness (QED) is 0.405. The minimum Gasteiger partial charge on any atom is -0.323 e. The molecule has 0 atom stereocenters. The molecule has 0 aliphatic rings. The summed E-state index contributed by atoms with van der Waals surface area (Å²) in [6, 6.07) is 10.4. The second-order valence-electron chi connectivity index (χ2n) is 6.10. The molecule has 2 heterocycles. The SMILES string of the molecule is CC(C)c1nc(C=NN)n(Cc2cccnc2)c1Sc1cccc(F)c1. The van der Waals surface area contributed by atoms with E-state index in [0.717, 1.165) is 21.2 Å². The molecule has 0 radical (unpaired) electrons. The van der Waals surface area contributed by atoms with Crippen molar-refractivity contribution in [1.82, 2.24) is 14.5 Å². The molecule has 3 rings (SSSR count). The van der Waals surface area contributed by atoms with Crippen LogP contribution < -0.4 is 5.84 Å². The molecule has 134 valence electrons. The first-order valence-corrected chi connectivity index (χ1v) is 9.06. The van der Waals surface area contributed by atoms with Gasteiger partial charge in [0.05, 0.1) is 18.5 Å². The summed E-state index contributed by atoms with van der Waals surface area (Å²) in [6.45, 7) is 4.73. The van der Waals surface area contributed by atoms with Gasteiger partial charge in [-0.2, -0.15) is 5.10 Å². The predicted molar refractivity (Wildman–Crippen MR) is 102 cm³/mol. The fraction of sp³-hybridized carbons (Fsp3) is 0.211. The Balaban J connectivity index is 2.09. The molecule has 0 saturated carbocycles. The molecule has 2 N–H and O–H groups in total. The summed E-state index contributed by atoms with van der Waals surface area (Å²) in [4.78, 5) is 9.70. The van der Waals surface area contributed by atoms with E-state index in [0.29, 0.717) is 12.4 Å². The third-order valence-electron chi connectivity index (χ3n) is 3.79. The van der Waals surface area contributed by atoms with Crippen LogP contribution in [0.25, 0.3) is 0 Å². The van der Waals surface area contributed by atoms with Gasteiger partial charge in [-0.3, -0.25) is 4.98 Å². The van der Waals surface area contributed by atoms with Crippen molar-refractivity contribution < 1.29 is 4.39 Å². The molecule has 3 aromatic rings. The van der Waals surface area contributed by atoms with E-state index in [1.165, 1.54) is 30.1 Å². The summed E-state index contributed by atoms with van der Waals surface area (Å²) in [7, 11) is 0. The minimum absolute atomic E-state index is 0.200. The fourth-order valence-electron chi connectivity index (χ4n) is 2.59. The zero-order chi connectivity index (χ0) is 18.5. The number of hydrazone groups is 1. The number of nitrogens with two attached hydrogens (primary N) is 1. The van der Waals surface area contributed by atoms with Crippen LogP contribution in [-0.4, -0.2) is 20.7 Å². The molecule has 0 aliphatic heterocycles. The lowest BCUT2D eigenvalue weighted by molar-refractivity contribution is 0.624. The molecule has 1 aromatic carbocycles. The molecule has 0 amide bonds. The second kappa shape index (κ2) is 8.14. The highest BCUT2D eigenvalue weighted by atomic mass is 32.2. The van der Waals surface area contributed by atoms with Crippen LogP contribution in [0, 0.1) is 5.82 Å². The molecule has 0 fully saturated rings. The van der Waals surface area contributed by atoms with Crippen LogP contribution in [0.4, 0.5) is 4.39 Å². The Morgan fingerprint density at radius 1 is 1.31 bits per heavy atom. The number of rotatable bonds is 6. The summed E-state index contributed by atoms with van der Waals surface area (Å²) in [5, 5.41) is 4.60. The van der Waals surface area contributed by atoms with Crippen LogP contribution in [0.5, 0.6) is 0 Å². The summed E-state index contributed by atoms with van der Waals surface area (Å²) in [5.74, 6) is 5.98. The van der Waals surface area contributed by atoms with Crippen LogP contribution >= 0.6 is 11.8 Å². The monoisotopic (exact) mass is 369 g/mol. The Bertz CT molecular complexity index is 906. The van der Waals surface area contributed by atoms with E-state index in [9.17, 15) is 4.39 Å². The maximum atomic E-state index is 13.6. The van der Waals surface area contributed by atoms with Gasteiger partial charge in [-0.15, -0.1) is 0 Å². The first-order valence-electron chi connectivity index (χ1n) is 8.24. The zero-order valence-electron chi connectivity index (χ0n) is 14.6. The van der Waals surface area contributed by atoms with Gasteiger partial charge in [0, 0.05) is 17.3 Å². The first kappa shape index (κ1) is 18.1. The average molecular weight is 369 g/mol. The van der Waals surface area contributed by atoms with Crippen molar-refractivity contribution in [2.75, 3.05) is 0 Å². The summed E-state index contributed by atoms with van der Waals surface area (Å²) in [6.07, 6.45) is 5.09. The standard InChI is InChI=1S/C19H20FN5S/c1-13(2)18-19(26-16-7-3-6-15(20)9-16)25(17(24-18)11-23-21)12-14-5-4-8-22-10-14/h3-11,13H,12,21H2,1-2H3. The second-order valence-corrected chi connectivity index (χ2v) is 7.16. The van der Waals surface area contributed by atoms with Crippen molar-refractivity contribution in [3.63, 3.8) is 0 Å². The Kier molecular flexibility index (Phi) is 5.68. The molecule has 0 aliphatic carbocycles. The number of hydrogen-bond acceptors (Lipinski definition) is 5. The van der Waals surface area contributed by atoms with Gasteiger partial charge in [0.1, 0.15) is 10.8 Å². The number of halogens is 1. The molecule has 2 aromatic heterocycles. The Morgan fingerprint density at radius 3 is 2.81 bits per heavy atom. The number of nitrogens with zero attached hydrogens (tertiary/aromatic N) is 4. The van der Waals surface area contributed by atoms with Gasteiger partial charge in [0.2, 0.25) is 0 Å². The number of imidazole rings is 1. The van der Waals surface area contributed by atoms with E-state index < -0.39 is 0 Å². The van der Waals surface area contributed by atoms with E-state index >= 15 is 0 Å². The lowest BCUT2D eigenvalue weighted by Crippen LogP contribution is -2.07. The number of pyridine rings is 1. The van der Waals surface area contributed by atoms with E-state index in [-0.39, 0.29) is 11.7 Å². The largest absolute Gasteiger partial charge is 0.323 e. The Hall–Kier alpha value is -2.67. The number of aromatic nitrogens is 3. The van der Waals surface area contributed by atoms with Gasteiger partial charge in [-0.25, -0.2) is 9.37 Å². The van der Waals surface area contributed by atoms with Crippen LogP contribution in [0.15, 0.2) is 63.8 Å². The lowest BCUT2D eigenvalue weighted by atomic mass is 10.1. The van der Waals surface area contributed by atoms with Crippen molar-refractivity contribution in [3.05, 3.63) is 71.7 Å². The summed E-state index contributed by atoms with van der Waals surface area (Å²) < 4.78 is 15.7. The average Bonchev–Trinajstić information content (AvgIpc) is 2.94. The highest BCUT2D eigenvalue weighted by Crippen LogP contribution is 2.35. The van der Waals surface area contributed by atoms with Crippen LogP contribution in [0.3, 0.4) is 0 Å². The highest BCUT2D eigenvalue weighted by molar-refractivity contribution is 7.99. The molecule has 5 nitrogen and oxygen atoms in total. The highest BCUT2D eigenvalue weighted by Gasteiger charge is 2.20. The van der Waals surface area contributed by atoms with Crippen molar-refractivity contribution in [1.29, 1.82) is 0 Å². The van der Waals surface area contributed by atoms with E-state index in [1.807, 2.05) is 29.0 Å². The Labute approximate surface area is 156 Å². The van der Waals surface area contributed by atoms with Gasteiger partial charge in [-0.1, -0.05) is 37.7 Å². The van der Waals surface area contributed by atoms with E-state index in [2.05, 4.69) is 23.9 Å². The topological polar surface area (TPSA) is 69.1 Å². The van der Waals surface area contributed by atoms with Crippen molar-refractivity contribution in [2.45, 2.75) is 36.2 Å². The van der Waals surface area contributed by atoms with Crippen molar-refractivity contribution in [3.8, 4) is 0 Å². The lowest BCUT2D eigenvalue weighted by Gasteiger charge is -2.12. The summed E-state index contributed by atoms with van der Waals surface area (Å²) >= 11 is 1.49. The van der Waals surface area contributed by atoms with Crippen molar-refractivity contribution >= 4 is 18.0 Å². The van der Waals surface area contributed by atoms with Gasteiger partial charge in [0.15, 0.2) is 5.82 Å². The molecular formula is C19H20FN5S. The van der Waals surface area contributed by atoms with Crippen molar-refractivity contribution in [2.24, 2.45) is 10.9 Å². The third-order valence-corrected chi connectivity index (χ3v) is 4.90. The fourth-order valence-corrected chi connectivity index (χ4v) is 3.79. The normalized spacial score (nSPS) is 11.5. The first-order chi connectivity index (χ1) is 12.6. The molecule has 7 heteroatoms. The molecule has 0 spiro atoms. The van der Waals surface area contributed by atoms with Crippen LogP contribution in [0.1, 0.15) is 36.8 Å². The molecule has 26 heavy (non-hydrogen) atoms. The predicted octanol–water partition coefficient (Wildman–Crippen LogP) is 4.03. The summed E-state index contributed by atoms with van der Waals surface area (Å²) in [5.41, 5.74) is 1.96. The Morgan fingerprint density at radius 2 is 2.15 bits per heavy atom. The van der Waals surface area contributed by atoms with Gasteiger partial charge in [-0.05, 0) is 35.7 Å². The van der Waals surface area contributed by atoms with Crippen LogP contribution in [0.2, 0.25) is 0 Å². The van der Waals surface area contributed by atoms with Gasteiger partial charge in [0.25, 0.3) is 0 Å². The van der Waals surface area contributed by atoms with E-state index in [4.69, 9.17) is 10.8 Å². The number of hydrogen-bond donors (Lipinski definition) is 1. The minimum atomic E-state index is -0.261.